The molecule has 1 aliphatic rings. The van der Waals surface area contributed by atoms with Crippen molar-refractivity contribution in [1.29, 1.82) is 0 Å². The molecule has 0 bridgehead atoms. The van der Waals surface area contributed by atoms with Gasteiger partial charge in [0.05, 0.1) is 29.5 Å². The molecule has 0 saturated carbocycles. The maximum atomic E-state index is 14.8. The number of nitrogens with two attached hydrogens (primary N) is 1. The first-order chi connectivity index (χ1) is 13.4. The number of aromatic nitrogens is 4. The second kappa shape index (κ2) is 6.90. The summed E-state index contributed by atoms with van der Waals surface area (Å²) in [6.45, 7) is 2.87. The zero-order chi connectivity index (χ0) is 20.0. The Balaban J connectivity index is 1.77. The number of nitrogens with zero attached hydrogens (tertiary/aromatic N) is 4. The number of aryl methyl sites for hydroxylation is 1. The Morgan fingerprint density at radius 1 is 1.46 bits per heavy atom. The SMILES string of the molecule is COC(=O)N1CC[C@@H](c2nc3c(F)cc(-c4nc(N)ncc4Cl)c(C)c3[nH]2)C1. The maximum Gasteiger partial charge on any atom is 0.409 e. The number of amides is 1. The van der Waals surface area contributed by atoms with E-state index in [2.05, 4.69) is 19.9 Å². The Morgan fingerprint density at radius 2 is 2.25 bits per heavy atom. The van der Waals surface area contributed by atoms with E-state index in [0.717, 1.165) is 12.0 Å². The summed E-state index contributed by atoms with van der Waals surface area (Å²) in [6.07, 6.45) is 1.73. The summed E-state index contributed by atoms with van der Waals surface area (Å²) in [5.74, 6) is 0.175. The van der Waals surface area contributed by atoms with Gasteiger partial charge in [0, 0.05) is 24.6 Å². The summed E-state index contributed by atoms with van der Waals surface area (Å²) in [7, 11) is 1.35. The van der Waals surface area contributed by atoms with Crippen LogP contribution in [0.5, 0.6) is 0 Å². The third-order valence-corrected chi connectivity index (χ3v) is 5.30. The normalized spacial score (nSPS) is 16.7. The summed E-state index contributed by atoms with van der Waals surface area (Å²) in [5.41, 5.74) is 8.10. The minimum absolute atomic E-state index is 0.0213. The first-order valence-electron chi connectivity index (χ1n) is 8.69. The Bertz CT molecular complexity index is 1090. The van der Waals surface area contributed by atoms with Gasteiger partial charge in [-0.1, -0.05) is 11.6 Å². The number of imidazole rings is 1. The third-order valence-electron chi connectivity index (χ3n) is 5.02. The van der Waals surface area contributed by atoms with Crippen molar-refractivity contribution in [3.63, 3.8) is 0 Å². The van der Waals surface area contributed by atoms with Gasteiger partial charge in [0.25, 0.3) is 0 Å². The van der Waals surface area contributed by atoms with Crippen LogP contribution in [-0.4, -0.2) is 51.1 Å². The minimum atomic E-state index is -0.492. The molecule has 1 aromatic carbocycles. The summed E-state index contributed by atoms with van der Waals surface area (Å²) in [4.78, 5) is 29.0. The number of halogens is 2. The second-order valence-electron chi connectivity index (χ2n) is 6.70. The summed E-state index contributed by atoms with van der Waals surface area (Å²) in [6, 6.07) is 1.35. The molecule has 3 heterocycles. The maximum absolute atomic E-state index is 14.8. The van der Waals surface area contributed by atoms with E-state index >= 15 is 0 Å². The van der Waals surface area contributed by atoms with Crippen LogP contribution in [0.15, 0.2) is 12.3 Å². The highest BCUT2D eigenvalue weighted by Gasteiger charge is 2.30. The summed E-state index contributed by atoms with van der Waals surface area (Å²) >= 11 is 6.20. The van der Waals surface area contributed by atoms with Gasteiger partial charge in [0.15, 0.2) is 5.82 Å². The fourth-order valence-corrected chi connectivity index (χ4v) is 3.75. The van der Waals surface area contributed by atoms with Crippen molar-refractivity contribution >= 4 is 34.7 Å². The Kier molecular flexibility index (Phi) is 4.54. The van der Waals surface area contributed by atoms with E-state index in [-0.39, 0.29) is 28.5 Å². The highest BCUT2D eigenvalue weighted by molar-refractivity contribution is 6.33. The molecular weight excluding hydrogens is 387 g/mol. The number of aromatic amines is 1. The van der Waals surface area contributed by atoms with E-state index in [4.69, 9.17) is 22.1 Å². The molecule has 0 aliphatic carbocycles. The fraction of sp³-hybridized carbons (Fsp3) is 0.333. The van der Waals surface area contributed by atoms with Gasteiger partial charge >= 0.3 is 6.09 Å². The average molecular weight is 405 g/mol. The van der Waals surface area contributed by atoms with Crippen LogP contribution < -0.4 is 5.73 Å². The van der Waals surface area contributed by atoms with E-state index in [9.17, 15) is 9.18 Å². The first-order valence-corrected chi connectivity index (χ1v) is 9.06. The number of methoxy groups -OCH3 is 1. The van der Waals surface area contributed by atoms with Crippen molar-refractivity contribution in [3.05, 3.63) is 34.5 Å². The minimum Gasteiger partial charge on any atom is -0.453 e. The van der Waals surface area contributed by atoms with Crippen LogP contribution in [0.2, 0.25) is 5.02 Å². The van der Waals surface area contributed by atoms with Crippen molar-refractivity contribution in [2.75, 3.05) is 25.9 Å². The number of nitrogen functional groups attached to an aromatic ring is 1. The van der Waals surface area contributed by atoms with E-state index in [1.807, 2.05) is 6.92 Å². The van der Waals surface area contributed by atoms with Crippen LogP contribution in [-0.2, 0) is 4.74 Å². The van der Waals surface area contributed by atoms with E-state index in [0.29, 0.717) is 35.7 Å². The molecule has 1 aliphatic heterocycles. The molecule has 0 radical (unpaired) electrons. The lowest BCUT2D eigenvalue weighted by Crippen LogP contribution is -2.28. The molecule has 3 N–H and O–H groups in total. The quantitative estimate of drug-likeness (QED) is 0.678. The third kappa shape index (κ3) is 3.01. The van der Waals surface area contributed by atoms with Gasteiger partial charge < -0.3 is 20.4 Å². The van der Waals surface area contributed by atoms with Gasteiger partial charge in [-0.2, -0.15) is 0 Å². The highest BCUT2D eigenvalue weighted by Crippen LogP contribution is 2.35. The first kappa shape index (κ1) is 18.4. The Labute approximate surface area is 164 Å². The summed E-state index contributed by atoms with van der Waals surface area (Å²) < 4.78 is 19.6. The standard InChI is InChI=1S/C18H18ClFN6O2/c1-8-10(14-11(19)6-22-17(21)25-14)5-12(20)15-13(8)23-16(24-15)9-3-4-26(7-9)18(27)28-2/h5-6,9H,3-4,7H2,1-2H3,(H,23,24)(H2,21,22,25)/t9-/m1/s1. The molecule has 28 heavy (non-hydrogen) atoms. The van der Waals surface area contributed by atoms with Crippen LogP contribution >= 0.6 is 11.6 Å². The zero-order valence-corrected chi connectivity index (χ0v) is 16.0. The molecule has 146 valence electrons. The fourth-order valence-electron chi connectivity index (χ4n) is 3.56. The number of carbonyl (C=O) groups excluding carboxylic acids is 1. The van der Waals surface area contributed by atoms with Crippen molar-refractivity contribution in [3.8, 4) is 11.3 Å². The topological polar surface area (TPSA) is 110 Å². The van der Waals surface area contributed by atoms with Gasteiger partial charge in [-0.05, 0) is 25.0 Å². The van der Waals surface area contributed by atoms with Crippen LogP contribution in [0, 0.1) is 12.7 Å². The lowest BCUT2D eigenvalue weighted by atomic mass is 10.0. The molecule has 10 heteroatoms. The molecule has 3 aromatic rings. The van der Waals surface area contributed by atoms with E-state index in [1.165, 1.54) is 19.4 Å². The molecule has 4 rings (SSSR count). The van der Waals surface area contributed by atoms with Gasteiger partial charge in [-0.15, -0.1) is 0 Å². The Morgan fingerprint density at radius 3 is 3.00 bits per heavy atom. The molecular formula is C18H18ClFN6O2. The average Bonchev–Trinajstić information content (AvgIpc) is 3.33. The predicted octanol–water partition coefficient (Wildman–Crippen LogP) is 3.26. The van der Waals surface area contributed by atoms with Crippen LogP contribution in [0.3, 0.4) is 0 Å². The smallest absolute Gasteiger partial charge is 0.409 e. The number of nitrogens with one attached hydrogen (secondary N) is 1. The lowest BCUT2D eigenvalue weighted by Gasteiger charge is -2.13. The second-order valence-corrected chi connectivity index (χ2v) is 7.11. The number of benzene rings is 1. The number of rotatable bonds is 2. The molecule has 1 atom stereocenters. The van der Waals surface area contributed by atoms with Gasteiger partial charge in [0.1, 0.15) is 11.3 Å². The van der Waals surface area contributed by atoms with Crippen molar-refractivity contribution < 1.29 is 13.9 Å². The van der Waals surface area contributed by atoms with Crippen LogP contribution in [0.4, 0.5) is 15.1 Å². The van der Waals surface area contributed by atoms with Gasteiger partial charge in [-0.25, -0.2) is 24.1 Å². The van der Waals surface area contributed by atoms with Crippen molar-refractivity contribution in [2.24, 2.45) is 0 Å². The monoisotopic (exact) mass is 404 g/mol. The van der Waals surface area contributed by atoms with Crippen LogP contribution in [0.25, 0.3) is 22.3 Å². The number of carbonyl (C=O) groups is 1. The van der Waals surface area contributed by atoms with Crippen molar-refractivity contribution in [2.45, 2.75) is 19.3 Å². The molecule has 8 nitrogen and oxygen atoms in total. The Hall–Kier alpha value is -2.94. The van der Waals surface area contributed by atoms with Crippen molar-refractivity contribution in [1.82, 2.24) is 24.8 Å². The molecule has 1 saturated heterocycles. The van der Waals surface area contributed by atoms with Crippen LogP contribution in [0.1, 0.15) is 23.7 Å². The molecule has 0 unspecified atom stereocenters. The zero-order valence-electron chi connectivity index (χ0n) is 15.3. The predicted molar refractivity (Wildman–Crippen MR) is 103 cm³/mol. The number of fused-ring (bicyclic) bond motifs is 1. The number of H-pyrrole nitrogens is 1. The number of hydrogen-bond donors (Lipinski definition) is 2. The van der Waals surface area contributed by atoms with Gasteiger partial charge in [0.2, 0.25) is 5.95 Å². The molecule has 1 amide bonds. The number of likely N-dealkylation sites (tertiary alicyclic amines) is 1. The lowest BCUT2D eigenvalue weighted by molar-refractivity contribution is 0.132. The molecule has 2 aromatic heterocycles. The molecule has 1 fully saturated rings. The van der Waals surface area contributed by atoms with Gasteiger partial charge in [-0.3, -0.25) is 0 Å². The molecule has 0 spiro atoms. The highest BCUT2D eigenvalue weighted by atomic mass is 35.5. The van der Waals surface area contributed by atoms with E-state index in [1.54, 1.807) is 4.90 Å². The number of ether oxygens (including phenoxy) is 1. The summed E-state index contributed by atoms with van der Waals surface area (Å²) in [5, 5.41) is 0.278. The number of hydrogen-bond acceptors (Lipinski definition) is 6. The largest absolute Gasteiger partial charge is 0.453 e. The number of anilines is 1. The van der Waals surface area contributed by atoms with E-state index < -0.39 is 5.82 Å².